The minimum Gasteiger partial charge on any atom is -0.452 e. The summed E-state index contributed by atoms with van der Waals surface area (Å²) < 4.78 is 27.7. The molecule has 132 valence electrons. The molecule has 0 unspecified atom stereocenters. The molecule has 0 aliphatic heterocycles. The molecule has 0 saturated carbocycles. The number of nitrogens with one attached hydrogen (secondary N) is 1. The zero-order valence-electron chi connectivity index (χ0n) is 14.2. The molecule has 2 aromatic carbocycles. The average molecular weight is 361 g/mol. The summed E-state index contributed by atoms with van der Waals surface area (Å²) in [5.74, 6) is -1.15. The lowest BCUT2D eigenvalue weighted by molar-refractivity contribution is -0.119. The van der Waals surface area contributed by atoms with Crippen molar-refractivity contribution in [1.82, 2.24) is 0 Å². The number of sulfone groups is 1. The predicted octanol–water partition coefficient (Wildman–Crippen LogP) is 2.50. The van der Waals surface area contributed by atoms with Crippen molar-refractivity contribution in [2.75, 3.05) is 18.2 Å². The zero-order chi connectivity index (χ0) is 18.6. The topological polar surface area (TPSA) is 89.5 Å². The first-order valence-corrected chi connectivity index (χ1v) is 9.41. The molecule has 7 heteroatoms. The first-order chi connectivity index (χ1) is 11.7. The van der Waals surface area contributed by atoms with Gasteiger partial charge in [-0.15, -0.1) is 0 Å². The zero-order valence-corrected chi connectivity index (χ0v) is 15.0. The SMILES string of the molecule is Cc1cccc(NC(=O)COC(=O)c2ccc(S(C)(=O)=O)cc2)c1C. The summed E-state index contributed by atoms with van der Waals surface area (Å²) in [7, 11) is -3.33. The molecule has 0 fully saturated rings. The molecule has 0 aliphatic rings. The van der Waals surface area contributed by atoms with Crippen LogP contribution >= 0.6 is 0 Å². The molecule has 1 amide bonds. The van der Waals surface area contributed by atoms with Crippen LogP contribution in [0.4, 0.5) is 5.69 Å². The van der Waals surface area contributed by atoms with E-state index < -0.39 is 28.3 Å². The van der Waals surface area contributed by atoms with E-state index in [9.17, 15) is 18.0 Å². The number of rotatable bonds is 5. The van der Waals surface area contributed by atoms with Crippen LogP contribution in [0.2, 0.25) is 0 Å². The third-order valence-corrected chi connectivity index (χ3v) is 4.86. The standard InChI is InChI=1S/C18H19NO5S/c1-12-5-4-6-16(13(12)2)19-17(20)11-24-18(21)14-7-9-15(10-8-14)25(3,22)23/h4-10H,11H2,1-3H3,(H,19,20). The van der Waals surface area contributed by atoms with Crippen LogP contribution in [0.3, 0.4) is 0 Å². The molecule has 6 nitrogen and oxygen atoms in total. The van der Waals surface area contributed by atoms with Gasteiger partial charge in [-0.1, -0.05) is 12.1 Å². The number of carbonyl (C=O) groups excluding carboxylic acids is 2. The van der Waals surface area contributed by atoms with Gasteiger partial charge in [-0.3, -0.25) is 4.79 Å². The Hall–Kier alpha value is -2.67. The van der Waals surface area contributed by atoms with Gasteiger partial charge in [0.25, 0.3) is 5.91 Å². The molecule has 0 spiro atoms. The fraction of sp³-hybridized carbons (Fsp3) is 0.222. The van der Waals surface area contributed by atoms with Crippen LogP contribution in [0.5, 0.6) is 0 Å². The Morgan fingerprint density at radius 1 is 1.04 bits per heavy atom. The summed E-state index contributed by atoms with van der Waals surface area (Å²) in [6, 6.07) is 10.9. The molecule has 0 saturated heterocycles. The molecule has 0 atom stereocenters. The van der Waals surface area contributed by atoms with Gasteiger partial charge in [0.15, 0.2) is 16.4 Å². The molecular weight excluding hydrogens is 342 g/mol. The highest BCUT2D eigenvalue weighted by atomic mass is 32.2. The number of hydrogen-bond acceptors (Lipinski definition) is 5. The second kappa shape index (κ2) is 7.48. The van der Waals surface area contributed by atoms with Gasteiger partial charge in [-0.2, -0.15) is 0 Å². The summed E-state index contributed by atoms with van der Waals surface area (Å²) in [5.41, 5.74) is 2.82. The minimum atomic E-state index is -3.33. The number of hydrogen-bond donors (Lipinski definition) is 1. The van der Waals surface area contributed by atoms with Crippen molar-refractivity contribution in [3.05, 3.63) is 59.2 Å². The lowest BCUT2D eigenvalue weighted by Gasteiger charge is -2.10. The Morgan fingerprint density at radius 2 is 1.68 bits per heavy atom. The molecule has 1 N–H and O–H groups in total. The number of ether oxygens (including phenoxy) is 1. The maximum atomic E-state index is 11.9. The fourth-order valence-electron chi connectivity index (χ4n) is 2.13. The summed E-state index contributed by atoms with van der Waals surface area (Å²) >= 11 is 0. The first kappa shape index (κ1) is 18.7. The van der Waals surface area contributed by atoms with Crippen LogP contribution in [0.15, 0.2) is 47.4 Å². The lowest BCUT2D eigenvalue weighted by atomic mass is 10.1. The van der Waals surface area contributed by atoms with Gasteiger partial charge >= 0.3 is 5.97 Å². The van der Waals surface area contributed by atoms with Gasteiger partial charge in [-0.25, -0.2) is 13.2 Å². The Labute approximate surface area is 146 Å². The van der Waals surface area contributed by atoms with E-state index in [2.05, 4.69) is 5.32 Å². The van der Waals surface area contributed by atoms with Crippen molar-refractivity contribution in [3.8, 4) is 0 Å². The van der Waals surface area contributed by atoms with Crippen LogP contribution in [-0.4, -0.2) is 33.2 Å². The third kappa shape index (κ3) is 4.90. The van der Waals surface area contributed by atoms with Crippen molar-refractivity contribution < 1.29 is 22.7 Å². The van der Waals surface area contributed by atoms with E-state index in [1.54, 1.807) is 6.07 Å². The number of benzene rings is 2. The van der Waals surface area contributed by atoms with Crippen LogP contribution in [-0.2, 0) is 19.4 Å². The molecule has 0 aromatic heterocycles. The van der Waals surface area contributed by atoms with Crippen LogP contribution in [0, 0.1) is 13.8 Å². The third-order valence-electron chi connectivity index (χ3n) is 3.73. The Morgan fingerprint density at radius 3 is 2.28 bits per heavy atom. The molecule has 0 aliphatic carbocycles. The van der Waals surface area contributed by atoms with Crippen LogP contribution < -0.4 is 5.32 Å². The Kier molecular flexibility index (Phi) is 5.58. The second-order valence-electron chi connectivity index (χ2n) is 5.67. The normalized spacial score (nSPS) is 11.0. The number of carbonyl (C=O) groups is 2. The molecule has 2 aromatic rings. The van der Waals surface area contributed by atoms with Crippen LogP contribution in [0.25, 0.3) is 0 Å². The number of esters is 1. The van der Waals surface area contributed by atoms with Crippen molar-refractivity contribution in [2.45, 2.75) is 18.7 Å². The quantitative estimate of drug-likeness (QED) is 0.827. The number of amides is 1. The maximum absolute atomic E-state index is 11.9. The van der Waals surface area contributed by atoms with Gasteiger partial charge in [0.05, 0.1) is 10.5 Å². The highest BCUT2D eigenvalue weighted by Crippen LogP contribution is 2.18. The van der Waals surface area contributed by atoms with E-state index in [1.165, 1.54) is 24.3 Å². The summed E-state index contributed by atoms with van der Waals surface area (Å²) in [4.78, 5) is 24.0. The smallest absolute Gasteiger partial charge is 0.338 e. The van der Waals surface area contributed by atoms with E-state index in [-0.39, 0.29) is 10.5 Å². The summed E-state index contributed by atoms with van der Waals surface area (Å²) in [5, 5.41) is 2.69. The first-order valence-electron chi connectivity index (χ1n) is 7.52. The molecule has 25 heavy (non-hydrogen) atoms. The lowest BCUT2D eigenvalue weighted by Crippen LogP contribution is -2.21. The highest BCUT2D eigenvalue weighted by Gasteiger charge is 2.13. The van der Waals surface area contributed by atoms with E-state index in [0.29, 0.717) is 5.69 Å². The van der Waals surface area contributed by atoms with Gasteiger partial charge in [0, 0.05) is 11.9 Å². The monoisotopic (exact) mass is 361 g/mol. The summed E-state index contributed by atoms with van der Waals surface area (Å²) in [6.45, 7) is 3.39. The highest BCUT2D eigenvalue weighted by molar-refractivity contribution is 7.90. The molecule has 2 rings (SSSR count). The second-order valence-corrected chi connectivity index (χ2v) is 7.68. The van der Waals surface area contributed by atoms with Gasteiger partial charge < -0.3 is 10.1 Å². The van der Waals surface area contributed by atoms with Gasteiger partial charge in [-0.05, 0) is 55.3 Å². The van der Waals surface area contributed by atoms with Crippen molar-refractivity contribution in [2.24, 2.45) is 0 Å². The van der Waals surface area contributed by atoms with Crippen molar-refractivity contribution in [1.29, 1.82) is 0 Å². The largest absolute Gasteiger partial charge is 0.452 e. The van der Waals surface area contributed by atoms with Crippen molar-refractivity contribution >= 4 is 27.4 Å². The van der Waals surface area contributed by atoms with Crippen molar-refractivity contribution in [3.63, 3.8) is 0 Å². The van der Waals surface area contributed by atoms with E-state index in [4.69, 9.17) is 4.74 Å². The fourth-order valence-corrected chi connectivity index (χ4v) is 2.76. The molecule has 0 heterocycles. The Bertz CT molecular complexity index is 902. The summed E-state index contributed by atoms with van der Waals surface area (Å²) in [6.07, 6.45) is 1.08. The number of anilines is 1. The molecule has 0 radical (unpaired) electrons. The molecular formula is C18H19NO5S. The molecule has 0 bridgehead atoms. The average Bonchev–Trinajstić information content (AvgIpc) is 2.56. The van der Waals surface area contributed by atoms with Crippen LogP contribution in [0.1, 0.15) is 21.5 Å². The predicted molar refractivity (Wildman–Crippen MR) is 94.4 cm³/mol. The van der Waals surface area contributed by atoms with E-state index in [1.807, 2.05) is 26.0 Å². The minimum absolute atomic E-state index is 0.108. The maximum Gasteiger partial charge on any atom is 0.338 e. The number of aryl methyl sites for hydroxylation is 1. The van der Waals surface area contributed by atoms with Gasteiger partial charge in [0.2, 0.25) is 0 Å². The van der Waals surface area contributed by atoms with E-state index in [0.717, 1.165) is 17.4 Å². The Balaban J connectivity index is 1.95. The van der Waals surface area contributed by atoms with E-state index >= 15 is 0 Å². The van der Waals surface area contributed by atoms with Gasteiger partial charge in [0.1, 0.15) is 0 Å².